The molecule has 8 heteroatoms. The van der Waals surface area contributed by atoms with E-state index in [4.69, 9.17) is 11.6 Å². The van der Waals surface area contributed by atoms with Gasteiger partial charge in [-0.15, -0.1) is 0 Å². The average Bonchev–Trinajstić information content (AvgIpc) is 3.31. The number of hydrogen-bond acceptors (Lipinski definition) is 4. The van der Waals surface area contributed by atoms with Crippen molar-refractivity contribution in [3.63, 3.8) is 0 Å². The Balaban J connectivity index is 1.39. The third kappa shape index (κ3) is 5.98. The molecule has 3 fully saturated rings. The number of anilines is 1. The van der Waals surface area contributed by atoms with Crippen LogP contribution < -0.4 is 5.32 Å². The lowest BCUT2D eigenvalue weighted by atomic mass is 10.0. The van der Waals surface area contributed by atoms with Gasteiger partial charge in [-0.3, -0.25) is 18.7 Å². The number of halogens is 1. The van der Waals surface area contributed by atoms with E-state index in [1.54, 1.807) is 6.07 Å². The molecule has 2 unspecified atom stereocenters. The van der Waals surface area contributed by atoms with Crippen molar-refractivity contribution < 1.29 is 13.8 Å². The summed E-state index contributed by atoms with van der Waals surface area (Å²) in [5.41, 5.74) is 2.84. The van der Waals surface area contributed by atoms with Crippen LogP contribution in [0.25, 0.3) is 0 Å². The summed E-state index contributed by atoms with van der Waals surface area (Å²) < 4.78 is 11.9. The van der Waals surface area contributed by atoms with Gasteiger partial charge in [0.1, 0.15) is 0 Å². The largest absolute Gasteiger partial charge is 0.337 e. The van der Waals surface area contributed by atoms with Crippen LogP contribution in [0.5, 0.6) is 0 Å². The van der Waals surface area contributed by atoms with Crippen LogP contribution >= 0.6 is 11.6 Å². The van der Waals surface area contributed by atoms with E-state index in [9.17, 15) is 13.8 Å². The molecule has 2 aliphatic heterocycles. The predicted octanol–water partition coefficient (Wildman–Crippen LogP) is 3.97. The number of carbonyl (C=O) groups is 2. The van der Waals surface area contributed by atoms with Gasteiger partial charge in [0.15, 0.2) is 0 Å². The highest BCUT2D eigenvalue weighted by Gasteiger charge is 2.33. The lowest BCUT2D eigenvalue weighted by molar-refractivity contribution is -0.140. The van der Waals surface area contributed by atoms with Crippen molar-refractivity contribution in [1.82, 2.24) is 9.80 Å². The molecule has 33 heavy (non-hydrogen) atoms. The van der Waals surface area contributed by atoms with E-state index in [-0.39, 0.29) is 23.8 Å². The fourth-order valence-electron chi connectivity index (χ4n) is 5.51. The first-order chi connectivity index (χ1) is 15.8. The van der Waals surface area contributed by atoms with Crippen molar-refractivity contribution in [3.8, 4) is 0 Å². The van der Waals surface area contributed by atoms with E-state index in [0.717, 1.165) is 68.7 Å². The zero-order valence-corrected chi connectivity index (χ0v) is 21.3. The van der Waals surface area contributed by atoms with E-state index in [0.29, 0.717) is 22.4 Å². The van der Waals surface area contributed by atoms with Gasteiger partial charge in [0, 0.05) is 77.1 Å². The van der Waals surface area contributed by atoms with Gasteiger partial charge in [0.2, 0.25) is 11.8 Å². The van der Waals surface area contributed by atoms with Crippen molar-refractivity contribution >= 4 is 39.9 Å². The van der Waals surface area contributed by atoms with Gasteiger partial charge in [-0.2, -0.15) is 0 Å². The van der Waals surface area contributed by atoms with E-state index in [1.807, 2.05) is 13.0 Å². The van der Waals surface area contributed by atoms with Crippen molar-refractivity contribution in [3.05, 3.63) is 28.3 Å². The Morgan fingerprint density at radius 3 is 2.55 bits per heavy atom. The third-order valence-electron chi connectivity index (χ3n) is 7.51. The summed E-state index contributed by atoms with van der Waals surface area (Å²) in [6, 6.07) is 3.97. The highest BCUT2D eigenvalue weighted by atomic mass is 35.5. The zero-order chi connectivity index (χ0) is 23.5. The smallest absolute Gasteiger partial charge is 0.228 e. The fraction of sp³-hybridized carbons (Fsp3) is 0.680. The molecular weight excluding hydrogens is 458 g/mol. The summed E-state index contributed by atoms with van der Waals surface area (Å²) >= 11 is 6.43. The van der Waals surface area contributed by atoms with Gasteiger partial charge >= 0.3 is 0 Å². The third-order valence-corrected chi connectivity index (χ3v) is 9.25. The first-order valence-corrected chi connectivity index (χ1v) is 14.2. The normalized spacial score (nSPS) is 27.0. The molecule has 1 aromatic carbocycles. The molecule has 1 aromatic rings. The minimum Gasteiger partial charge on any atom is -0.337 e. The van der Waals surface area contributed by atoms with Crippen LogP contribution in [0.15, 0.2) is 12.1 Å². The van der Waals surface area contributed by atoms with Crippen LogP contribution in [-0.2, 0) is 26.9 Å². The maximum absolute atomic E-state index is 12.9. The van der Waals surface area contributed by atoms with Gasteiger partial charge in [-0.1, -0.05) is 24.4 Å². The second-order valence-corrected chi connectivity index (χ2v) is 12.0. The van der Waals surface area contributed by atoms with Crippen molar-refractivity contribution in [2.45, 2.75) is 65.0 Å². The molecule has 6 nitrogen and oxygen atoms in total. The Morgan fingerprint density at radius 2 is 1.85 bits per heavy atom. The molecule has 182 valence electrons. The van der Waals surface area contributed by atoms with Crippen LogP contribution in [0.4, 0.5) is 5.69 Å². The first-order valence-electron chi connectivity index (χ1n) is 12.3. The Labute approximate surface area is 204 Å². The number of amides is 2. The van der Waals surface area contributed by atoms with E-state index >= 15 is 0 Å². The van der Waals surface area contributed by atoms with Crippen LogP contribution in [0.2, 0.25) is 5.02 Å². The molecule has 4 rings (SSSR count). The molecule has 1 aliphatic carbocycles. The Kier molecular flexibility index (Phi) is 8.13. The Morgan fingerprint density at radius 1 is 1.12 bits per heavy atom. The summed E-state index contributed by atoms with van der Waals surface area (Å²) in [4.78, 5) is 30.1. The number of carbonyl (C=O) groups excluding carboxylic acids is 2. The van der Waals surface area contributed by atoms with Crippen molar-refractivity contribution in [2.75, 3.05) is 36.5 Å². The average molecular weight is 494 g/mol. The summed E-state index contributed by atoms with van der Waals surface area (Å²) in [6.45, 7) is 7.33. The molecule has 2 heterocycles. The molecule has 3 atom stereocenters. The number of nitrogens with one attached hydrogen (secondary N) is 1. The highest BCUT2D eigenvalue weighted by Crippen LogP contribution is 2.30. The van der Waals surface area contributed by atoms with Crippen LogP contribution in [0, 0.1) is 18.8 Å². The number of piperazine rings is 1. The number of rotatable bonds is 5. The first kappa shape index (κ1) is 24.7. The minimum atomic E-state index is -0.901. The summed E-state index contributed by atoms with van der Waals surface area (Å²) in [6.07, 6.45) is 6.05. The van der Waals surface area contributed by atoms with Gasteiger partial charge in [-0.05, 0) is 62.8 Å². The van der Waals surface area contributed by atoms with Crippen LogP contribution in [-0.4, -0.2) is 63.0 Å². The van der Waals surface area contributed by atoms with Gasteiger partial charge in [0.25, 0.3) is 0 Å². The van der Waals surface area contributed by atoms with Crippen LogP contribution in [0.3, 0.4) is 0 Å². The molecule has 2 saturated heterocycles. The molecule has 1 N–H and O–H groups in total. The fourth-order valence-corrected chi connectivity index (χ4v) is 7.17. The predicted molar refractivity (Wildman–Crippen MR) is 134 cm³/mol. The maximum atomic E-state index is 12.9. The molecule has 0 bridgehead atoms. The monoisotopic (exact) mass is 493 g/mol. The topological polar surface area (TPSA) is 69.7 Å². The summed E-state index contributed by atoms with van der Waals surface area (Å²) in [5.74, 6) is 1.44. The quantitative estimate of drug-likeness (QED) is 0.673. The molecule has 0 spiro atoms. The second-order valence-electron chi connectivity index (χ2n) is 9.97. The molecule has 1 saturated carbocycles. The SMILES string of the molecule is Cc1c(CN2CCN(C(=O)C3CCCC3)[C@@H](C)C2)cc(Cl)cc1NC(=O)C1CCCS(=O)C1. The van der Waals surface area contributed by atoms with Crippen molar-refractivity contribution in [1.29, 1.82) is 0 Å². The summed E-state index contributed by atoms with van der Waals surface area (Å²) in [5, 5.41) is 3.65. The summed E-state index contributed by atoms with van der Waals surface area (Å²) in [7, 11) is -0.901. The van der Waals surface area contributed by atoms with E-state index in [1.165, 1.54) is 12.8 Å². The van der Waals surface area contributed by atoms with Gasteiger partial charge < -0.3 is 10.2 Å². The van der Waals surface area contributed by atoms with Crippen LogP contribution in [0.1, 0.15) is 56.6 Å². The highest BCUT2D eigenvalue weighted by molar-refractivity contribution is 7.85. The van der Waals surface area contributed by atoms with Gasteiger partial charge in [0.05, 0.1) is 0 Å². The molecule has 0 aromatic heterocycles. The Bertz CT molecular complexity index is 918. The lowest BCUT2D eigenvalue weighted by Gasteiger charge is -2.41. The lowest BCUT2D eigenvalue weighted by Crippen LogP contribution is -2.54. The number of nitrogens with zero attached hydrogens (tertiary/aromatic N) is 2. The van der Waals surface area contributed by atoms with E-state index < -0.39 is 10.8 Å². The molecular formula is C25H36ClN3O3S. The van der Waals surface area contributed by atoms with Crippen molar-refractivity contribution in [2.24, 2.45) is 11.8 Å². The second kappa shape index (κ2) is 10.9. The maximum Gasteiger partial charge on any atom is 0.228 e. The molecule has 3 aliphatic rings. The zero-order valence-electron chi connectivity index (χ0n) is 19.8. The van der Waals surface area contributed by atoms with Gasteiger partial charge in [-0.25, -0.2) is 0 Å². The number of hydrogen-bond donors (Lipinski definition) is 1. The molecule has 0 radical (unpaired) electrons. The van der Waals surface area contributed by atoms with E-state index in [2.05, 4.69) is 22.0 Å². The standard InChI is InChI=1S/C25H36ClN3O3S/c1-17-14-28(9-10-29(17)25(31)19-6-3-4-7-19)15-21-12-22(26)13-23(18(21)2)27-24(30)20-8-5-11-33(32)16-20/h12-13,17,19-20H,3-11,14-16H2,1-2H3,(H,27,30)/t17-,20?,33?/m0/s1. The molecule has 2 amide bonds. The Hall–Kier alpha value is -1.44. The minimum absolute atomic E-state index is 0.0629. The number of benzene rings is 1.